The van der Waals surface area contributed by atoms with Crippen molar-refractivity contribution < 1.29 is 14.3 Å². The van der Waals surface area contributed by atoms with Gasteiger partial charge in [-0.1, -0.05) is 0 Å². The Bertz CT molecular complexity index is 512. The van der Waals surface area contributed by atoms with E-state index in [0.717, 1.165) is 11.4 Å². The zero-order valence-electron chi connectivity index (χ0n) is 12.0. The second-order valence-electron chi connectivity index (χ2n) is 5.05. The van der Waals surface area contributed by atoms with Crippen molar-refractivity contribution in [3.8, 4) is 0 Å². The Labute approximate surface area is 117 Å². The Balaban J connectivity index is 1.78. The maximum Gasteiger partial charge on any atom is 0.248 e. The van der Waals surface area contributed by atoms with Gasteiger partial charge in [-0.3, -0.25) is 9.59 Å². The summed E-state index contributed by atoms with van der Waals surface area (Å²) in [5, 5.41) is 2.82. The molecule has 0 saturated carbocycles. The highest BCUT2D eigenvalue weighted by Gasteiger charge is 2.23. The summed E-state index contributed by atoms with van der Waals surface area (Å²) in [5.74, 6) is -0.120. The first kappa shape index (κ1) is 14.5. The standard InChI is InChI=1S/C13H20N4O3/c1-9-10(2)17(8-15-9)6-12(18)14-4-11-5-16(3)13(19)7-20-11/h8,11H,4-7H2,1-3H3,(H,14,18)/t11-/m1/s1. The van der Waals surface area contributed by atoms with Crippen LogP contribution in [0.3, 0.4) is 0 Å². The fourth-order valence-electron chi connectivity index (χ4n) is 2.02. The predicted octanol–water partition coefficient (Wildman–Crippen LogP) is -0.527. The molecule has 1 aromatic rings. The van der Waals surface area contributed by atoms with Crippen LogP contribution < -0.4 is 5.32 Å². The van der Waals surface area contributed by atoms with E-state index in [9.17, 15) is 9.59 Å². The van der Waals surface area contributed by atoms with Gasteiger partial charge in [-0.2, -0.15) is 0 Å². The summed E-state index contributed by atoms with van der Waals surface area (Å²) in [5.41, 5.74) is 1.91. The van der Waals surface area contributed by atoms with E-state index in [1.54, 1.807) is 18.3 Å². The fraction of sp³-hybridized carbons (Fsp3) is 0.615. The normalized spacial score (nSPS) is 19.2. The highest BCUT2D eigenvalue weighted by Crippen LogP contribution is 2.05. The van der Waals surface area contributed by atoms with Crippen molar-refractivity contribution >= 4 is 11.8 Å². The third-order valence-electron chi connectivity index (χ3n) is 3.53. The Morgan fingerprint density at radius 1 is 1.55 bits per heavy atom. The number of carbonyl (C=O) groups excluding carboxylic acids is 2. The Morgan fingerprint density at radius 2 is 2.30 bits per heavy atom. The number of nitrogens with one attached hydrogen (secondary N) is 1. The minimum Gasteiger partial charge on any atom is -0.365 e. The molecule has 1 aromatic heterocycles. The van der Waals surface area contributed by atoms with Crippen molar-refractivity contribution in [1.82, 2.24) is 19.8 Å². The van der Waals surface area contributed by atoms with Gasteiger partial charge in [-0.15, -0.1) is 0 Å². The van der Waals surface area contributed by atoms with Crippen LogP contribution in [0, 0.1) is 13.8 Å². The average Bonchev–Trinajstić information content (AvgIpc) is 2.72. The molecule has 0 spiro atoms. The SMILES string of the molecule is Cc1ncn(CC(=O)NC[C@@H]2CN(C)C(=O)CO2)c1C. The molecule has 1 aliphatic heterocycles. The van der Waals surface area contributed by atoms with E-state index in [0.29, 0.717) is 13.1 Å². The Kier molecular flexibility index (Phi) is 4.39. The number of hydrogen-bond acceptors (Lipinski definition) is 4. The van der Waals surface area contributed by atoms with Crippen LogP contribution in [-0.4, -0.2) is 59.1 Å². The van der Waals surface area contributed by atoms with E-state index in [2.05, 4.69) is 10.3 Å². The average molecular weight is 280 g/mol. The Hall–Kier alpha value is -1.89. The van der Waals surface area contributed by atoms with Crippen LogP contribution in [0.15, 0.2) is 6.33 Å². The highest BCUT2D eigenvalue weighted by atomic mass is 16.5. The molecule has 0 radical (unpaired) electrons. The first-order valence-electron chi connectivity index (χ1n) is 6.58. The van der Waals surface area contributed by atoms with E-state index in [1.165, 1.54) is 0 Å². The van der Waals surface area contributed by atoms with Crippen LogP contribution in [0.25, 0.3) is 0 Å². The van der Waals surface area contributed by atoms with Crippen molar-refractivity contribution in [2.45, 2.75) is 26.5 Å². The molecule has 0 unspecified atom stereocenters. The molecule has 2 heterocycles. The van der Waals surface area contributed by atoms with Crippen LogP contribution in [0.2, 0.25) is 0 Å². The van der Waals surface area contributed by atoms with Crippen molar-refractivity contribution in [1.29, 1.82) is 0 Å². The third kappa shape index (κ3) is 3.36. The first-order valence-corrected chi connectivity index (χ1v) is 6.58. The van der Waals surface area contributed by atoms with Crippen LogP contribution in [-0.2, 0) is 20.9 Å². The van der Waals surface area contributed by atoms with Gasteiger partial charge in [-0.25, -0.2) is 4.98 Å². The molecule has 7 nitrogen and oxygen atoms in total. The van der Waals surface area contributed by atoms with Crippen LogP contribution in [0.5, 0.6) is 0 Å². The number of morpholine rings is 1. The van der Waals surface area contributed by atoms with Crippen molar-refractivity contribution in [3.05, 3.63) is 17.7 Å². The zero-order valence-corrected chi connectivity index (χ0v) is 12.0. The largest absolute Gasteiger partial charge is 0.365 e. The number of aromatic nitrogens is 2. The van der Waals surface area contributed by atoms with Gasteiger partial charge in [0, 0.05) is 25.8 Å². The summed E-state index contributed by atoms with van der Waals surface area (Å²) in [7, 11) is 1.73. The molecule has 1 aliphatic rings. The van der Waals surface area contributed by atoms with Gasteiger partial charge in [0.25, 0.3) is 0 Å². The molecule has 2 amide bonds. The van der Waals surface area contributed by atoms with Crippen LogP contribution in [0.4, 0.5) is 0 Å². The molecule has 1 fully saturated rings. The minimum absolute atomic E-state index is 0.0305. The lowest BCUT2D eigenvalue weighted by atomic mass is 10.2. The molecule has 0 aliphatic carbocycles. The van der Waals surface area contributed by atoms with E-state index < -0.39 is 0 Å². The summed E-state index contributed by atoms with van der Waals surface area (Å²) in [6.07, 6.45) is 1.51. The predicted molar refractivity (Wildman–Crippen MR) is 72.1 cm³/mol. The number of amides is 2. The first-order chi connectivity index (χ1) is 9.47. The minimum atomic E-state index is -0.146. The highest BCUT2D eigenvalue weighted by molar-refractivity contribution is 5.78. The van der Waals surface area contributed by atoms with Gasteiger partial charge in [-0.05, 0) is 13.8 Å². The molecule has 1 saturated heterocycles. The summed E-state index contributed by atoms with van der Waals surface area (Å²) in [6.45, 7) is 5.07. The van der Waals surface area contributed by atoms with Crippen molar-refractivity contribution in [3.63, 3.8) is 0 Å². The number of aryl methyl sites for hydroxylation is 1. The Morgan fingerprint density at radius 3 is 2.90 bits per heavy atom. The third-order valence-corrected chi connectivity index (χ3v) is 3.53. The van der Waals surface area contributed by atoms with Gasteiger partial charge >= 0.3 is 0 Å². The molecular formula is C13H20N4O3. The van der Waals surface area contributed by atoms with Crippen LogP contribution >= 0.6 is 0 Å². The number of imidazole rings is 1. The molecule has 110 valence electrons. The van der Waals surface area contributed by atoms with E-state index in [1.807, 2.05) is 18.4 Å². The molecule has 0 bridgehead atoms. The van der Waals surface area contributed by atoms with E-state index >= 15 is 0 Å². The van der Waals surface area contributed by atoms with Gasteiger partial charge in [0.05, 0.1) is 18.1 Å². The lowest BCUT2D eigenvalue weighted by Crippen LogP contribution is -2.49. The molecule has 0 aromatic carbocycles. The summed E-state index contributed by atoms with van der Waals surface area (Å²) >= 11 is 0. The quantitative estimate of drug-likeness (QED) is 0.804. The van der Waals surface area contributed by atoms with Crippen molar-refractivity contribution in [2.24, 2.45) is 0 Å². The number of likely N-dealkylation sites (N-methyl/N-ethyl adjacent to an activating group) is 1. The molecule has 1 N–H and O–H groups in total. The topological polar surface area (TPSA) is 76.5 Å². The van der Waals surface area contributed by atoms with Gasteiger partial charge in [0.1, 0.15) is 13.2 Å². The molecule has 7 heteroatoms. The maximum absolute atomic E-state index is 11.9. The smallest absolute Gasteiger partial charge is 0.248 e. The summed E-state index contributed by atoms with van der Waals surface area (Å²) < 4.78 is 7.17. The second kappa shape index (κ2) is 6.04. The van der Waals surface area contributed by atoms with Crippen LogP contribution in [0.1, 0.15) is 11.4 Å². The lowest BCUT2D eigenvalue weighted by molar-refractivity contribution is -0.146. The molecule has 20 heavy (non-hydrogen) atoms. The lowest BCUT2D eigenvalue weighted by Gasteiger charge is -2.29. The number of nitrogens with zero attached hydrogens (tertiary/aromatic N) is 3. The van der Waals surface area contributed by atoms with E-state index in [-0.39, 0.29) is 31.1 Å². The van der Waals surface area contributed by atoms with E-state index in [4.69, 9.17) is 4.74 Å². The summed E-state index contributed by atoms with van der Waals surface area (Å²) in [6, 6.07) is 0. The van der Waals surface area contributed by atoms with Gasteiger partial charge in [0.2, 0.25) is 11.8 Å². The fourth-order valence-corrected chi connectivity index (χ4v) is 2.02. The number of ether oxygens (including phenoxy) is 1. The van der Waals surface area contributed by atoms with Gasteiger partial charge < -0.3 is 19.5 Å². The summed E-state index contributed by atoms with van der Waals surface area (Å²) in [4.78, 5) is 28.9. The number of rotatable bonds is 4. The number of carbonyl (C=O) groups is 2. The zero-order chi connectivity index (χ0) is 14.7. The maximum atomic E-state index is 11.9. The molecule has 2 rings (SSSR count). The molecule has 1 atom stereocenters. The number of hydrogen-bond donors (Lipinski definition) is 1. The monoisotopic (exact) mass is 280 g/mol. The molecular weight excluding hydrogens is 260 g/mol. The van der Waals surface area contributed by atoms with Crippen molar-refractivity contribution in [2.75, 3.05) is 26.7 Å². The van der Waals surface area contributed by atoms with Gasteiger partial charge in [0.15, 0.2) is 0 Å². The second-order valence-corrected chi connectivity index (χ2v) is 5.05.